The highest BCUT2D eigenvalue weighted by molar-refractivity contribution is 6.30. The normalized spacial score (nSPS) is 13.8. The van der Waals surface area contributed by atoms with E-state index < -0.39 is 12.0 Å². The van der Waals surface area contributed by atoms with Gasteiger partial charge in [-0.2, -0.15) is 10.5 Å². The number of esters is 1. The highest BCUT2D eigenvalue weighted by Gasteiger charge is 2.30. The molecule has 0 spiro atoms. The first-order chi connectivity index (χ1) is 17.4. The number of anilines is 3. The van der Waals surface area contributed by atoms with Crippen molar-refractivity contribution in [3.05, 3.63) is 69.7 Å². The Labute approximate surface area is 210 Å². The van der Waals surface area contributed by atoms with Crippen LogP contribution in [-0.4, -0.2) is 23.5 Å². The molecule has 3 aromatic rings. The number of guanidine groups is 1. The second kappa shape index (κ2) is 10.1. The Morgan fingerprint density at radius 3 is 2.61 bits per heavy atom. The summed E-state index contributed by atoms with van der Waals surface area (Å²) in [5.74, 6) is 0.187. The predicted molar refractivity (Wildman–Crippen MR) is 133 cm³/mol. The van der Waals surface area contributed by atoms with Crippen LogP contribution >= 0.6 is 11.6 Å². The third kappa shape index (κ3) is 4.64. The Hall–Kier alpha value is -5.00. The number of carbonyl (C=O) groups excluding carboxylic acids is 1. The van der Waals surface area contributed by atoms with Crippen LogP contribution < -0.4 is 31.6 Å². The van der Waals surface area contributed by atoms with E-state index in [9.17, 15) is 10.1 Å². The Morgan fingerprint density at radius 1 is 1.19 bits per heavy atom. The lowest BCUT2D eigenvalue weighted by Gasteiger charge is -2.26. The summed E-state index contributed by atoms with van der Waals surface area (Å²) in [6.45, 7) is 2.08. The first-order valence-corrected chi connectivity index (χ1v) is 11.0. The third-order valence-electron chi connectivity index (χ3n) is 5.22. The Morgan fingerprint density at radius 2 is 1.94 bits per heavy atom. The molecule has 1 aliphatic heterocycles. The van der Waals surface area contributed by atoms with Crippen molar-refractivity contribution < 1.29 is 14.3 Å². The first-order valence-electron chi connectivity index (χ1n) is 10.6. The average Bonchev–Trinajstić information content (AvgIpc) is 2.85. The molecule has 1 aromatic heterocycles. The zero-order chi connectivity index (χ0) is 25.8. The van der Waals surface area contributed by atoms with E-state index in [1.165, 1.54) is 0 Å². The van der Waals surface area contributed by atoms with Gasteiger partial charge in [-0.05, 0) is 48.9 Å². The van der Waals surface area contributed by atoms with Crippen molar-refractivity contribution in [1.82, 2.24) is 10.3 Å². The minimum Gasteiger partial charge on any atom is -0.490 e. The molecular weight excluding hydrogens is 484 g/mol. The molecule has 0 aliphatic carbocycles. The summed E-state index contributed by atoms with van der Waals surface area (Å²) in [6, 6.07) is 12.3. The fourth-order valence-corrected chi connectivity index (χ4v) is 3.74. The van der Waals surface area contributed by atoms with Gasteiger partial charge in [-0.15, -0.1) is 0 Å². The molecule has 2 aromatic carbocycles. The van der Waals surface area contributed by atoms with Crippen LogP contribution in [-0.2, 0) is 0 Å². The molecule has 11 nitrogen and oxygen atoms in total. The van der Waals surface area contributed by atoms with E-state index >= 15 is 0 Å². The summed E-state index contributed by atoms with van der Waals surface area (Å²) >= 11 is 5.89. The zero-order valence-corrected chi connectivity index (χ0v) is 19.6. The lowest BCUT2D eigenvalue weighted by molar-refractivity contribution is 0.0728. The molecule has 1 unspecified atom stereocenters. The molecule has 0 saturated carbocycles. The molecule has 2 heterocycles. The molecule has 12 heteroatoms. The second-order valence-electron chi connectivity index (χ2n) is 7.44. The maximum atomic E-state index is 12.6. The number of halogens is 1. The van der Waals surface area contributed by atoms with Crippen LogP contribution in [0.15, 0.2) is 47.5 Å². The highest BCUT2D eigenvalue weighted by atomic mass is 35.5. The van der Waals surface area contributed by atoms with E-state index in [1.54, 1.807) is 55.6 Å². The fourth-order valence-electron chi connectivity index (χ4n) is 3.61. The number of nitriles is 2. The number of fused-ring (bicyclic) bond motifs is 1. The molecule has 6 N–H and O–H groups in total. The molecule has 0 bridgehead atoms. The van der Waals surface area contributed by atoms with Gasteiger partial charge in [-0.3, -0.25) is 5.32 Å². The lowest BCUT2D eigenvalue weighted by Crippen LogP contribution is -2.32. The van der Waals surface area contributed by atoms with Gasteiger partial charge >= 0.3 is 5.97 Å². The van der Waals surface area contributed by atoms with Gasteiger partial charge < -0.3 is 26.3 Å². The van der Waals surface area contributed by atoms with Crippen molar-refractivity contribution in [3.63, 3.8) is 0 Å². The Balaban J connectivity index is 1.77. The minimum absolute atomic E-state index is 0.0194. The van der Waals surface area contributed by atoms with Crippen molar-refractivity contribution in [2.75, 3.05) is 23.4 Å². The molecule has 0 amide bonds. The second-order valence-corrected chi connectivity index (χ2v) is 7.87. The number of nitrogen functional groups attached to an aromatic ring is 2. The smallest absolute Gasteiger partial charge is 0.343 e. The molecule has 180 valence electrons. The van der Waals surface area contributed by atoms with Crippen LogP contribution in [0.3, 0.4) is 0 Å². The molecule has 1 aliphatic rings. The topological polar surface area (TPSA) is 184 Å². The van der Waals surface area contributed by atoms with E-state index in [-0.39, 0.29) is 40.3 Å². The van der Waals surface area contributed by atoms with Crippen LogP contribution in [0.2, 0.25) is 5.02 Å². The number of aromatic nitrogens is 1. The molecule has 36 heavy (non-hydrogen) atoms. The van der Waals surface area contributed by atoms with Crippen LogP contribution in [0.5, 0.6) is 11.5 Å². The monoisotopic (exact) mass is 502 g/mol. The third-order valence-corrected chi connectivity index (χ3v) is 5.48. The molecular formula is C24H19ClN8O3. The molecule has 0 radical (unpaired) electrons. The summed E-state index contributed by atoms with van der Waals surface area (Å²) < 4.78 is 11.3. The van der Waals surface area contributed by atoms with E-state index in [0.717, 1.165) is 0 Å². The molecule has 1 atom stereocenters. The SMILES string of the molecule is CCOc1cc(C2N=C(NC#N)Nc3nc(N)c(C#N)c(N)c32)ccc1OC(=O)c1ccc(Cl)cc1. The minimum atomic E-state index is -0.780. The lowest BCUT2D eigenvalue weighted by atomic mass is 9.95. The summed E-state index contributed by atoms with van der Waals surface area (Å²) in [5.41, 5.74) is 13.6. The molecule has 0 fully saturated rings. The van der Waals surface area contributed by atoms with Gasteiger partial charge in [-0.1, -0.05) is 17.7 Å². The van der Waals surface area contributed by atoms with Crippen molar-refractivity contribution in [1.29, 1.82) is 10.5 Å². The summed E-state index contributed by atoms with van der Waals surface area (Å²) in [4.78, 5) is 21.4. The van der Waals surface area contributed by atoms with Crippen LogP contribution in [0.1, 0.15) is 40.0 Å². The quantitative estimate of drug-likeness (QED) is 0.174. The number of nitrogens with zero attached hydrogens (tertiary/aromatic N) is 4. The Bertz CT molecular complexity index is 1460. The number of carbonyl (C=O) groups is 1. The maximum absolute atomic E-state index is 12.6. The number of nitrogens with one attached hydrogen (secondary N) is 2. The van der Waals surface area contributed by atoms with Gasteiger partial charge in [0.1, 0.15) is 29.3 Å². The summed E-state index contributed by atoms with van der Waals surface area (Å²) in [7, 11) is 0. The van der Waals surface area contributed by atoms with Crippen molar-refractivity contribution >= 4 is 40.9 Å². The number of aliphatic imine (C=N–C) groups is 1. The molecule has 0 saturated heterocycles. The summed E-state index contributed by atoms with van der Waals surface area (Å²) in [5, 5.41) is 24.4. The van der Waals surface area contributed by atoms with Gasteiger partial charge in [0.05, 0.1) is 17.9 Å². The van der Waals surface area contributed by atoms with E-state index in [1.807, 2.05) is 6.07 Å². The predicted octanol–water partition coefficient (Wildman–Crippen LogP) is 3.33. The molecule has 4 rings (SSSR count). The summed E-state index contributed by atoms with van der Waals surface area (Å²) in [6.07, 6.45) is 1.80. The first kappa shape index (κ1) is 24.1. The van der Waals surface area contributed by atoms with Gasteiger partial charge in [0.25, 0.3) is 0 Å². The Kier molecular flexibility index (Phi) is 6.77. The zero-order valence-electron chi connectivity index (χ0n) is 18.9. The fraction of sp³-hybridized carbons (Fsp3) is 0.125. The average molecular weight is 503 g/mol. The van der Waals surface area contributed by atoms with Crippen molar-refractivity contribution in [3.8, 4) is 23.8 Å². The number of rotatable bonds is 5. The largest absolute Gasteiger partial charge is 0.490 e. The highest BCUT2D eigenvalue weighted by Crippen LogP contribution is 2.42. The van der Waals surface area contributed by atoms with E-state index in [2.05, 4.69) is 20.6 Å². The van der Waals surface area contributed by atoms with Crippen molar-refractivity contribution in [2.24, 2.45) is 4.99 Å². The van der Waals surface area contributed by atoms with Gasteiger partial charge in [-0.25, -0.2) is 14.8 Å². The number of nitrogens with two attached hydrogens (primary N) is 2. The maximum Gasteiger partial charge on any atom is 0.343 e. The van der Waals surface area contributed by atoms with Gasteiger partial charge in [0.15, 0.2) is 17.7 Å². The number of hydrogen-bond acceptors (Lipinski definition) is 11. The van der Waals surface area contributed by atoms with Crippen LogP contribution in [0.25, 0.3) is 0 Å². The van der Waals surface area contributed by atoms with Gasteiger partial charge in [0.2, 0.25) is 5.96 Å². The van der Waals surface area contributed by atoms with E-state index in [0.29, 0.717) is 28.3 Å². The number of ether oxygens (including phenoxy) is 2. The van der Waals surface area contributed by atoms with Crippen LogP contribution in [0, 0.1) is 22.8 Å². The van der Waals surface area contributed by atoms with E-state index in [4.69, 9.17) is 37.8 Å². The van der Waals surface area contributed by atoms with Crippen LogP contribution in [0.4, 0.5) is 17.3 Å². The number of pyridine rings is 1. The van der Waals surface area contributed by atoms with Gasteiger partial charge in [0, 0.05) is 10.6 Å². The number of hydrogen-bond donors (Lipinski definition) is 4. The number of benzene rings is 2. The standard InChI is InChI=1S/C24H19ClN8O3/c1-2-35-17-9-13(5-8-16(17)36-23(34)12-3-6-14(25)7-4-12)20-18-19(28)15(10-26)21(29)32-22(18)33-24(31-20)30-11-27/h3-9,20H,2H2,1H3,(H6,28,29,30,31,32,33). The van der Waals surface area contributed by atoms with Crippen molar-refractivity contribution in [2.45, 2.75) is 13.0 Å².